The molecular formula is C28H44F3N7. The smallest absolute Gasteiger partial charge is 0.388 e. The Labute approximate surface area is 225 Å². The van der Waals surface area contributed by atoms with Gasteiger partial charge in [-0.05, 0) is 57.3 Å². The first-order valence-electron chi connectivity index (χ1n) is 14.1. The van der Waals surface area contributed by atoms with E-state index in [1.54, 1.807) is 0 Å². The maximum Gasteiger partial charge on any atom is 0.421 e. The number of aromatic nitrogens is 2. The van der Waals surface area contributed by atoms with Crippen LogP contribution in [0.3, 0.4) is 0 Å². The van der Waals surface area contributed by atoms with Crippen LogP contribution in [0.4, 0.5) is 24.9 Å². The third-order valence-corrected chi connectivity index (χ3v) is 7.63. The molecule has 212 valence electrons. The Morgan fingerprint density at radius 1 is 1.21 bits per heavy atom. The van der Waals surface area contributed by atoms with Crippen molar-refractivity contribution in [1.29, 1.82) is 0 Å². The van der Waals surface area contributed by atoms with Crippen LogP contribution in [0.2, 0.25) is 0 Å². The van der Waals surface area contributed by atoms with Gasteiger partial charge in [-0.15, -0.1) is 0 Å². The number of allylic oxidation sites excluding steroid dienone is 1. The summed E-state index contributed by atoms with van der Waals surface area (Å²) in [4.78, 5) is 14.6. The summed E-state index contributed by atoms with van der Waals surface area (Å²) in [6.45, 7) is 11.6. The fourth-order valence-electron chi connectivity index (χ4n) is 5.50. The first-order valence-corrected chi connectivity index (χ1v) is 14.1. The molecule has 3 heterocycles. The number of amidine groups is 1. The molecule has 4 N–H and O–H groups in total. The van der Waals surface area contributed by atoms with Crippen LogP contribution in [-0.2, 0) is 6.18 Å². The van der Waals surface area contributed by atoms with E-state index < -0.39 is 11.7 Å². The predicted octanol–water partition coefficient (Wildman–Crippen LogP) is 6.53. The Hall–Kier alpha value is -2.78. The molecule has 4 rings (SSSR count). The molecule has 10 heteroatoms. The van der Waals surface area contributed by atoms with Gasteiger partial charge in [0.2, 0.25) is 0 Å². The van der Waals surface area contributed by atoms with E-state index in [1.807, 2.05) is 13.1 Å². The van der Waals surface area contributed by atoms with Gasteiger partial charge in [0.15, 0.2) is 0 Å². The van der Waals surface area contributed by atoms with Gasteiger partial charge in [-0.3, -0.25) is 0 Å². The average Bonchev–Trinajstić information content (AvgIpc) is 2.88. The Kier molecular flexibility index (Phi) is 10.8. The molecule has 3 aliphatic rings. The number of hydrogen-bond donors (Lipinski definition) is 3. The standard InChI is InChI=1S/C28H44F3N7/c1-5-9-22(10-6-2)34-17-20(7-3)25(32)36-27-35-18-24(28(29,30)31)26(37-27)33-15-8-16-38-19(4)21-11-13-23(38)14-12-21/h17-18,21-23,34H,4-16H2,1-3H3,(H3,32,33,35,36,37)/b20-17-. The summed E-state index contributed by atoms with van der Waals surface area (Å²) in [6, 6.07) is 0.852. The van der Waals surface area contributed by atoms with Crippen molar-refractivity contribution in [2.24, 2.45) is 16.6 Å². The van der Waals surface area contributed by atoms with E-state index in [0.29, 0.717) is 37.4 Å². The van der Waals surface area contributed by atoms with E-state index in [2.05, 4.69) is 50.9 Å². The van der Waals surface area contributed by atoms with E-state index in [0.717, 1.165) is 44.0 Å². The van der Waals surface area contributed by atoms with Crippen molar-refractivity contribution in [2.45, 2.75) is 103 Å². The average molecular weight is 536 g/mol. The molecule has 0 amide bonds. The zero-order chi connectivity index (χ0) is 27.7. The first-order chi connectivity index (χ1) is 18.2. The monoisotopic (exact) mass is 535 g/mol. The summed E-state index contributed by atoms with van der Waals surface area (Å²) < 4.78 is 41.0. The van der Waals surface area contributed by atoms with Gasteiger partial charge in [0.1, 0.15) is 17.2 Å². The molecule has 1 aliphatic carbocycles. The van der Waals surface area contributed by atoms with Gasteiger partial charge in [0.05, 0.1) is 0 Å². The third-order valence-electron chi connectivity index (χ3n) is 7.63. The number of alkyl halides is 3. The Morgan fingerprint density at radius 2 is 1.89 bits per heavy atom. The lowest BCUT2D eigenvalue weighted by atomic mass is 9.78. The molecule has 2 bridgehead atoms. The second kappa shape index (κ2) is 13.8. The van der Waals surface area contributed by atoms with Gasteiger partial charge in [0, 0.05) is 48.8 Å². The molecule has 3 fully saturated rings. The molecule has 0 radical (unpaired) electrons. The van der Waals surface area contributed by atoms with Crippen molar-refractivity contribution < 1.29 is 13.2 Å². The topological polar surface area (TPSA) is 91.5 Å². The lowest BCUT2D eigenvalue weighted by molar-refractivity contribution is -0.137. The van der Waals surface area contributed by atoms with Crippen molar-refractivity contribution in [3.8, 4) is 0 Å². The van der Waals surface area contributed by atoms with Crippen LogP contribution in [0.1, 0.15) is 90.5 Å². The van der Waals surface area contributed by atoms with Crippen LogP contribution in [0.15, 0.2) is 35.2 Å². The van der Waals surface area contributed by atoms with Gasteiger partial charge in [-0.2, -0.15) is 23.1 Å². The zero-order valence-electron chi connectivity index (χ0n) is 23.1. The highest BCUT2D eigenvalue weighted by Crippen LogP contribution is 2.41. The van der Waals surface area contributed by atoms with Crippen molar-refractivity contribution in [1.82, 2.24) is 20.2 Å². The van der Waals surface area contributed by atoms with Gasteiger partial charge in [-0.1, -0.05) is 40.2 Å². The molecule has 2 saturated heterocycles. The summed E-state index contributed by atoms with van der Waals surface area (Å²) in [5, 5.41) is 6.30. The fraction of sp³-hybridized carbons (Fsp3) is 0.679. The summed E-state index contributed by atoms with van der Waals surface area (Å²) in [7, 11) is 0. The van der Waals surface area contributed by atoms with Gasteiger partial charge in [0.25, 0.3) is 5.95 Å². The minimum atomic E-state index is -4.58. The van der Waals surface area contributed by atoms with Gasteiger partial charge >= 0.3 is 6.18 Å². The van der Waals surface area contributed by atoms with Crippen molar-refractivity contribution in [3.63, 3.8) is 0 Å². The van der Waals surface area contributed by atoms with E-state index in [-0.39, 0.29) is 17.6 Å². The molecule has 7 nitrogen and oxygen atoms in total. The quantitative estimate of drug-likeness (QED) is 0.143. The minimum absolute atomic E-state index is 0.0993. The molecule has 0 atom stereocenters. The number of halogens is 3. The van der Waals surface area contributed by atoms with Crippen molar-refractivity contribution in [3.05, 3.63) is 35.8 Å². The zero-order valence-corrected chi connectivity index (χ0v) is 23.1. The van der Waals surface area contributed by atoms with Gasteiger partial charge in [-0.25, -0.2) is 4.98 Å². The highest BCUT2D eigenvalue weighted by molar-refractivity contribution is 5.98. The number of anilines is 1. The highest BCUT2D eigenvalue weighted by atomic mass is 19.4. The highest BCUT2D eigenvalue weighted by Gasteiger charge is 2.36. The summed E-state index contributed by atoms with van der Waals surface area (Å²) in [5.74, 6) is 0.372. The lowest BCUT2D eigenvalue weighted by Gasteiger charge is -2.48. The normalized spacial score (nSPS) is 20.4. The third kappa shape index (κ3) is 7.86. The second-order valence-corrected chi connectivity index (χ2v) is 10.4. The van der Waals surface area contributed by atoms with E-state index >= 15 is 0 Å². The molecule has 2 aliphatic heterocycles. The number of rotatable bonds is 14. The van der Waals surface area contributed by atoms with Crippen LogP contribution in [0.5, 0.6) is 0 Å². The van der Waals surface area contributed by atoms with Crippen LogP contribution >= 0.6 is 0 Å². The van der Waals surface area contributed by atoms with Crippen LogP contribution in [0, 0.1) is 5.92 Å². The largest absolute Gasteiger partial charge is 0.421 e. The fourth-order valence-corrected chi connectivity index (χ4v) is 5.50. The first kappa shape index (κ1) is 29.8. The van der Waals surface area contributed by atoms with E-state index in [9.17, 15) is 13.2 Å². The molecule has 0 aromatic carbocycles. The maximum atomic E-state index is 13.7. The Bertz CT molecular complexity index is 975. The minimum Gasteiger partial charge on any atom is -0.388 e. The number of nitrogens with two attached hydrogens (primary N) is 1. The number of hydrogen-bond acceptors (Lipinski definition) is 6. The van der Waals surface area contributed by atoms with Crippen molar-refractivity contribution in [2.75, 3.05) is 18.4 Å². The summed E-state index contributed by atoms with van der Waals surface area (Å²) in [5.41, 5.74) is 7.25. The van der Waals surface area contributed by atoms with Crippen LogP contribution in [-0.4, -0.2) is 45.9 Å². The number of fused-ring (bicyclic) bond motifs is 3. The van der Waals surface area contributed by atoms with E-state index in [1.165, 1.54) is 31.4 Å². The Morgan fingerprint density at radius 3 is 2.47 bits per heavy atom. The van der Waals surface area contributed by atoms with Gasteiger partial charge < -0.3 is 21.3 Å². The number of aliphatic imine (C=N–C) groups is 1. The molecular weight excluding hydrogens is 491 g/mol. The SMILES string of the molecule is C=C1C2CCC(CC2)N1CCCNc1nc(/N=C(N)/C(=C\NC(CCC)CCC)CC)ncc1C(F)(F)F. The Balaban J connectivity index is 1.69. The second-order valence-electron chi connectivity index (χ2n) is 10.4. The maximum absolute atomic E-state index is 13.7. The molecule has 1 aromatic rings. The predicted molar refractivity (Wildman–Crippen MR) is 148 cm³/mol. The molecule has 1 aromatic heterocycles. The molecule has 0 unspecified atom stereocenters. The molecule has 38 heavy (non-hydrogen) atoms. The molecule has 1 saturated carbocycles. The van der Waals surface area contributed by atoms with Crippen molar-refractivity contribution >= 4 is 17.6 Å². The number of nitrogens with one attached hydrogen (secondary N) is 2. The molecule has 0 spiro atoms. The lowest BCUT2D eigenvalue weighted by Crippen LogP contribution is -2.46. The van der Waals surface area contributed by atoms with E-state index in [4.69, 9.17) is 5.73 Å². The van der Waals surface area contributed by atoms with Crippen LogP contribution in [0.25, 0.3) is 0 Å². The summed E-state index contributed by atoms with van der Waals surface area (Å²) in [6.07, 6.45) is 8.31. The number of piperidine rings is 2. The van der Waals surface area contributed by atoms with Crippen LogP contribution < -0.4 is 16.4 Å². The number of nitrogens with zero attached hydrogens (tertiary/aromatic N) is 4. The summed E-state index contributed by atoms with van der Waals surface area (Å²) >= 11 is 0.